The smallest absolute Gasteiger partial charge is 0.173 e. The van der Waals surface area contributed by atoms with E-state index in [2.05, 4.69) is 65.5 Å². The molecular formula is C23H31N3OS. The summed E-state index contributed by atoms with van der Waals surface area (Å²) in [5.41, 5.74) is 3.53. The van der Waals surface area contributed by atoms with Gasteiger partial charge in [-0.15, -0.1) is 0 Å². The maximum absolute atomic E-state index is 5.87. The van der Waals surface area contributed by atoms with Crippen LogP contribution in [0.1, 0.15) is 30.9 Å². The lowest BCUT2D eigenvalue weighted by atomic mass is 10.0. The van der Waals surface area contributed by atoms with Gasteiger partial charge in [-0.2, -0.15) is 0 Å². The Labute approximate surface area is 174 Å². The lowest BCUT2D eigenvalue weighted by Crippen LogP contribution is -2.47. The van der Waals surface area contributed by atoms with E-state index in [1.165, 1.54) is 5.56 Å². The number of ether oxygens (including phenoxy) is 1. The second-order valence-corrected chi connectivity index (χ2v) is 7.84. The van der Waals surface area contributed by atoms with Gasteiger partial charge in [0.25, 0.3) is 0 Å². The number of aryl methyl sites for hydroxylation is 1. The number of hydrogen-bond donors (Lipinski definition) is 1. The molecule has 2 aromatic rings. The molecule has 0 aliphatic carbocycles. The van der Waals surface area contributed by atoms with Crippen LogP contribution in [0.3, 0.4) is 0 Å². The summed E-state index contributed by atoms with van der Waals surface area (Å²) in [4.78, 5) is 4.73. The van der Waals surface area contributed by atoms with Crippen molar-refractivity contribution in [2.24, 2.45) is 0 Å². The van der Waals surface area contributed by atoms with Gasteiger partial charge in [0.2, 0.25) is 0 Å². The zero-order valence-electron chi connectivity index (χ0n) is 17.1. The van der Waals surface area contributed by atoms with Crippen LogP contribution in [0.5, 0.6) is 5.75 Å². The largest absolute Gasteiger partial charge is 0.496 e. The molecule has 4 nitrogen and oxygen atoms in total. The van der Waals surface area contributed by atoms with Gasteiger partial charge in [-0.25, -0.2) is 0 Å². The molecule has 1 aliphatic heterocycles. The molecule has 2 aromatic carbocycles. The van der Waals surface area contributed by atoms with Crippen molar-refractivity contribution >= 4 is 23.0 Å². The lowest BCUT2D eigenvalue weighted by molar-refractivity contribution is 0.173. The van der Waals surface area contributed by atoms with Gasteiger partial charge < -0.3 is 19.9 Å². The van der Waals surface area contributed by atoms with E-state index >= 15 is 0 Å². The third kappa shape index (κ3) is 5.24. The van der Waals surface area contributed by atoms with Crippen LogP contribution in [0.15, 0.2) is 48.5 Å². The van der Waals surface area contributed by atoms with E-state index in [4.69, 9.17) is 17.0 Å². The molecule has 0 aromatic heterocycles. The second-order valence-electron chi connectivity index (χ2n) is 7.45. The molecule has 0 saturated carbocycles. The first-order chi connectivity index (χ1) is 13.6. The minimum atomic E-state index is 0.427. The Morgan fingerprint density at radius 2 is 1.82 bits per heavy atom. The second kappa shape index (κ2) is 9.89. The van der Waals surface area contributed by atoms with Gasteiger partial charge >= 0.3 is 0 Å². The predicted octanol–water partition coefficient (Wildman–Crippen LogP) is 4.55. The van der Waals surface area contributed by atoms with Crippen molar-refractivity contribution in [3.63, 3.8) is 0 Å². The molecule has 1 saturated heterocycles. The molecular weight excluding hydrogens is 366 g/mol. The van der Waals surface area contributed by atoms with Crippen LogP contribution in [0.2, 0.25) is 0 Å². The van der Waals surface area contributed by atoms with E-state index in [0.29, 0.717) is 6.04 Å². The Morgan fingerprint density at radius 3 is 2.46 bits per heavy atom. The first-order valence-corrected chi connectivity index (χ1v) is 10.5. The van der Waals surface area contributed by atoms with Crippen molar-refractivity contribution in [3.8, 4) is 5.75 Å². The minimum Gasteiger partial charge on any atom is -0.496 e. The van der Waals surface area contributed by atoms with Crippen molar-refractivity contribution in [1.82, 2.24) is 9.80 Å². The molecule has 3 rings (SSSR count). The van der Waals surface area contributed by atoms with E-state index in [0.717, 1.165) is 61.0 Å². The number of anilines is 1. The van der Waals surface area contributed by atoms with Gasteiger partial charge in [-0.3, -0.25) is 0 Å². The first kappa shape index (κ1) is 20.6. The van der Waals surface area contributed by atoms with E-state index in [-0.39, 0.29) is 0 Å². The lowest BCUT2D eigenvalue weighted by Gasteiger charge is -2.39. The summed E-state index contributed by atoms with van der Waals surface area (Å²) in [5.74, 6) is 0.913. The number of hydrogen-bond acceptors (Lipinski definition) is 3. The maximum atomic E-state index is 5.87. The standard InChI is InChI=1S/C23H31N3OS/c1-4-18-9-11-20(12-10-18)24-23(28)26(21-13-15-25(2)16-14-21)17-19-7-5-6-8-22(19)27-3/h5-12,21H,4,13-17H2,1-3H3,(H,24,28). The molecule has 1 fully saturated rings. The molecule has 150 valence electrons. The summed E-state index contributed by atoms with van der Waals surface area (Å²) in [5, 5.41) is 4.24. The molecule has 0 bridgehead atoms. The van der Waals surface area contributed by atoms with Crippen molar-refractivity contribution in [2.45, 2.75) is 38.8 Å². The highest BCUT2D eigenvalue weighted by Gasteiger charge is 2.26. The number of methoxy groups -OCH3 is 1. The highest BCUT2D eigenvalue weighted by Crippen LogP contribution is 2.25. The maximum Gasteiger partial charge on any atom is 0.173 e. The zero-order valence-corrected chi connectivity index (χ0v) is 18.0. The summed E-state index contributed by atoms with van der Waals surface area (Å²) in [7, 11) is 3.91. The van der Waals surface area contributed by atoms with Crippen LogP contribution in [0, 0.1) is 0 Å². The van der Waals surface area contributed by atoms with E-state index in [1.54, 1.807) is 7.11 Å². The van der Waals surface area contributed by atoms with Crippen LogP contribution in [-0.2, 0) is 13.0 Å². The Kier molecular flexibility index (Phi) is 7.29. The van der Waals surface area contributed by atoms with Gasteiger partial charge in [0.1, 0.15) is 5.75 Å². The summed E-state index contributed by atoms with van der Waals surface area (Å²) in [6.45, 7) is 5.11. The van der Waals surface area contributed by atoms with Gasteiger partial charge in [-0.1, -0.05) is 37.3 Å². The first-order valence-electron chi connectivity index (χ1n) is 10.1. The third-order valence-electron chi connectivity index (χ3n) is 5.54. The average Bonchev–Trinajstić information content (AvgIpc) is 2.73. The van der Waals surface area contributed by atoms with Crippen LogP contribution in [0.4, 0.5) is 5.69 Å². The fourth-order valence-corrected chi connectivity index (χ4v) is 4.04. The van der Waals surface area contributed by atoms with Crippen molar-refractivity contribution in [3.05, 3.63) is 59.7 Å². The molecule has 0 radical (unpaired) electrons. The van der Waals surface area contributed by atoms with Crippen LogP contribution < -0.4 is 10.1 Å². The number of thiocarbonyl (C=S) groups is 1. The van der Waals surface area contributed by atoms with Gasteiger partial charge in [0, 0.05) is 23.8 Å². The highest BCUT2D eigenvalue weighted by atomic mass is 32.1. The highest BCUT2D eigenvalue weighted by molar-refractivity contribution is 7.80. The van der Waals surface area contributed by atoms with Crippen LogP contribution in [-0.4, -0.2) is 48.2 Å². The minimum absolute atomic E-state index is 0.427. The number of piperidine rings is 1. The summed E-state index contributed by atoms with van der Waals surface area (Å²) in [6.07, 6.45) is 3.27. The normalized spacial score (nSPS) is 15.2. The summed E-state index contributed by atoms with van der Waals surface area (Å²) >= 11 is 5.87. The SMILES string of the molecule is CCc1ccc(NC(=S)N(Cc2ccccc2OC)C2CCN(C)CC2)cc1. The van der Waals surface area contributed by atoms with Crippen LogP contribution >= 0.6 is 12.2 Å². The van der Waals surface area contributed by atoms with Crippen molar-refractivity contribution in [1.29, 1.82) is 0 Å². The number of rotatable bonds is 6. The van der Waals surface area contributed by atoms with Crippen LogP contribution in [0.25, 0.3) is 0 Å². The number of benzene rings is 2. The molecule has 1 aliphatic rings. The van der Waals surface area contributed by atoms with E-state index < -0.39 is 0 Å². The van der Waals surface area contributed by atoms with Gasteiger partial charge in [-0.05, 0) is 75.4 Å². The number of likely N-dealkylation sites (tertiary alicyclic amines) is 1. The molecule has 0 amide bonds. The molecule has 0 unspecified atom stereocenters. The molecule has 1 heterocycles. The quantitative estimate of drug-likeness (QED) is 0.722. The summed E-state index contributed by atoms with van der Waals surface area (Å²) < 4.78 is 5.58. The van der Waals surface area contributed by atoms with Gasteiger partial charge in [0.05, 0.1) is 7.11 Å². The Hall–Kier alpha value is -2.11. The van der Waals surface area contributed by atoms with Crippen molar-refractivity contribution in [2.75, 3.05) is 32.6 Å². The Morgan fingerprint density at radius 1 is 1.14 bits per heavy atom. The molecule has 5 heteroatoms. The molecule has 28 heavy (non-hydrogen) atoms. The van der Waals surface area contributed by atoms with Gasteiger partial charge in [0.15, 0.2) is 5.11 Å². The fraction of sp³-hybridized carbons (Fsp3) is 0.435. The molecule has 1 N–H and O–H groups in total. The van der Waals surface area contributed by atoms with E-state index in [1.807, 2.05) is 12.1 Å². The average molecular weight is 398 g/mol. The van der Waals surface area contributed by atoms with E-state index in [9.17, 15) is 0 Å². The molecule has 0 atom stereocenters. The number of nitrogens with one attached hydrogen (secondary N) is 1. The summed E-state index contributed by atoms with van der Waals surface area (Å²) in [6, 6.07) is 17.2. The fourth-order valence-electron chi connectivity index (χ4n) is 3.71. The number of nitrogens with zero attached hydrogens (tertiary/aromatic N) is 2. The van der Waals surface area contributed by atoms with Crippen molar-refractivity contribution < 1.29 is 4.74 Å². The molecule has 0 spiro atoms. The zero-order chi connectivity index (χ0) is 19.9. The number of para-hydroxylation sites is 1. The monoisotopic (exact) mass is 397 g/mol. The third-order valence-corrected chi connectivity index (χ3v) is 5.87. The predicted molar refractivity (Wildman–Crippen MR) is 121 cm³/mol. The Bertz CT molecular complexity index is 770. The topological polar surface area (TPSA) is 27.7 Å². The Balaban J connectivity index is 1.79.